The van der Waals surface area contributed by atoms with Gasteiger partial charge in [-0.15, -0.1) is 10.2 Å². The Balaban J connectivity index is 2.05. The summed E-state index contributed by atoms with van der Waals surface area (Å²) in [5.74, 6) is -0.321. The minimum Gasteiger partial charge on any atom is -0.469 e. The molecule has 0 aliphatic rings. The fourth-order valence-electron chi connectivity index (χ4n) is 1.58. The van der Waals surface area contributed by atoms with Crippen molar-refractivity contribution in [1.82, 2.24) is 20.2 Å². The Hall–Kier alpha value is -1.83. The van der Waals surface area contributed by atoms with Crippen molar-refractivity contribution in [3.63, 3.8) is 0 Å². The Kier molecular flexibility index (Phi) is 4.78. The highest BCUT2D eigenvalue weighted by molar-refractivity contribution is 9.10. The number of nitrogens with zero attached hydrogens (tertiary/aromatic N) is 4. The van der Waals surface area contributed by atoms with Crippen LogP contribution in [0.15, 0.2) is 22.7 Å². The van der Waals surface area contributed by atoms with Crippen LogP contribution < -0.4 is 0 Å². The Labute approximate surface area is 123 Å². The summed E-state index contributed by atoms with van der Waals surface area (Å²) in [5.41, 5.74) is 0.532. The lowest BCUT2D eigenvalue weighted by atomic mass is 10.2. The second-order valence-corrected chi connectivity index (χ2v) is 4.87. The molecule has 0 aliphatic carbocycles. The normalized spacial score (nSPS) is 10.6. The van der Waals surface area contributed by atoms with Crippen LogP contribution in [0.3, 0.4) is 0 Å². The van der Waals surface area contributed by atoms with E-state index in [9.17, 15) is 9.18 Å². The molecule has 0 aliphatic heterocycles. The lowest BCUT2D eigenvalue weighted by molar-refractivity contribution is -0.140. The number of aromatic nitrogens is 4. The number of tetrazole rings is 1. The summed E-state index contributed by atoms with van der Waals surface area (Å²) < 4.78 is 18.4. The SMILES string of the molecule is COC(=O)CCCn1nnc(-c2cc(F)ccc2Br)n1. The average molecular weight is 343 g/mol. The Bertz CT molecular complexity index is 617. The summed E-state index contributed by atoms with van der Waals surface area (Å²) in [6, 6.07) is 4.26. The second kappa shape index (κ2) is 6.56. The molecule has 0 radical (unpaired) electrons. The molecule has 1 heterocycles. The van der Waals surface area contributed by atoms with Crippen LogP contribution in [0.25, 0.3) is 11.4 Å². The van der Waals surface area contributed by atoms with Gasteiger partial charge in [0, 0.05) is 16.5 Å². The van der Waals surface area contributed by atoms with Crippen LogP contribution in [-0.4, -0.2) is 33.3 Å². The molecule has 6 nitrogen and oxygen atoms in total. The lowest BCUT2D eigenvalue weighted by Gasteiger charge is -1.99. The molecule has 0 fully saturated rings. The van der Waals surface area contributed by atoms with Gasteiger partial charge in [-0.1, -0.05) is 15.9 Å². The number of carbonyl (C=O) groups excluding carboxylic acids is 1. The standard InChI is InChI=1S/C12H12BrFN4O2/c1-20-11(19)3-2-6-18-16-12(15-17-18)9-7-8(14)4-5-10(9)13/h4-5,7H,2-3,6H2,1H3. The number of ether oxygens (including phenoxy) is 1. The van der Waals surface area contributed by atoms with E-state index in [4.69, 9.17) is 0 Å². The van der Waals surface area contributed by atoms with E-state index >= 15 is 0 Å². The zero-order valence-corrected chi connectivity index (χ0v) is 12.3. The first-order valence-corrected chi connectivity index (χ1v) is 6.69. The number of aryl methyl sites for hydroxylation is 1. The third kappa shape index (κ3) is 3.60. The largest absolute Gasteiger partial charge is 0.469 e. The maximum Gasteiger partial charge on any atom is 0.305 e. The summed E-state index contributed by atoms with van der Waals surface area (Å²) in [5, 5.41) is 11.9. The van der Waals surface area contributed by atoms with Crippen molar-refractivity contribution < 1.29 is 13.9 Å². The van der Waals surface area contributed by atoms with Crippen molar-refractivity contribution in [3.8, 4) is 11.4 Å². The Morgan fingerprint density at radius 2 is 2.30 bits per heavy atom. The Morgan fingerprint density at radius 3 is 3.05 bits per heavy atom. The van der Waals surface area contributed by atoms with Crippen molar-refractivity contribution >= 4 is 21.9 Å². The number of methoxy groups -OCH3 is 1. The van der Waals surface area contributed by atoms with Crippen molar-refractivity contribution in [1.29, 1.82) is 0 Å². The number of carbonyl (C=O) groups is 1. The van der Waals surface area contributed by atoms with Crippen LogP contribution in [0.5, 0.6) is 0 Å². The molecule has 20 heavy (non-hydrogen) atoms. The molecule has 1 aromatic carbocycles. The predicted octanol–water partition coefficient (Wildman–Crippen LogP) is 2.19. The van der Waals surface area contributed by atoms with E-state index < -0.39 is 0 Å². The fraction of sp³-hybridized carbons (Fsp3) is 0.333. The minimum absolute atomic E-state index is 0.279. The molecule has 0 bridgehead atoms. The van der Waals surface area contributed by atoms with Gasteiger partial charge in [-0.3, -0.25) is 4.79 Å². The van der Waals surface area contributed by atoms with Gasteiger partial charge in [-0.2, -0.15) is 4.80 Å². The van der Waals surface area contributed by atoms with Crippen molar-refractivity contribution in [2.24, 2.45) is 0 Å². The van der Waals surface area contributed by atoms with Crippen LogP contribution in [0.2, 0.25) is 0 Å². The van der Waals surface area contributed by atoms with Gasteiger partial charge in [0.1, 0.15) is 5.82 Å². The highest BCUT2D eigenvalue weighted by atomic mass is 79.9. The van der Waals surface area contributed by atoms with E-state index in [-0.39, 0.29) is 18.2 Å². The van der Waals surface area contributed by atoms with E-state index in [0.717, 1.165) is 0 Å². The number of benzene rings is 1. The van der Waals surface area contributed by atoms with E-state index in [1.165, 1.54) is 24.0 Å². The molecule has 106 valence electrons. The maximum absolute atomic E-state index is 13.2. The van der Waals surface area contributed by atoms with Gasteiger partial charge < -0.3 is 4.74 Å². The van der Waals surface area contributed by atoms with Gasteiger partial charge in [0.2, 0.25) is 5.82 Å². The van der Waals surface area contributed by atoms with E-state index in [2.05, 4.69) is 36.1 Å². The molecule has 1 aromatic heterocycles. The van der Waals surface area contributed by atoms with Crippen LogP contribution in [0.1, 0.15) is 12.8 Å². The average Bonchev–Trinajstić information content (AvgIpc) is 2.90. The van der Waals surface area contributed by atoms with E-state index in [1.54, 1.807) is 6.07 Å². The van der Waals surface area contributed by atoms with Gasteiger partial charge in [0.15, 0.2) is 0 Å². The molecular weight excluding hydrogens is 331 g/mol. The van der Waals surface area contributed by atoms with Crippen LogP contribution in [0.4, 0.5) is 4.39 Å². The number of hydrogen-bond acceptors (Lipinski definition) is 5. The number of hydrogen-bond donors (Lipinski definition) is 0. The summed E-state index contributed by atoms with van der Waals surface area (Å²) in [4.78, 5) is 12.3. The van der Waals surface area contributed by atoms with E-state index in [0.29, 0.717) is 28.8 Å². The molecule has 0 N–H and O–H groups in total. The highest BCUT2D eigenvalue weighted by Gasteiger charge is 2.11. The first kappa shape index (κ1) is 14.6. The van der Waals surface area contributed by atoms with Crippen LogP contribution in [-0.2, 0) is 16.1 Å². The summed E-state index contributed by atoms with van der Waals surface area (Å²) in [6.07, 6.45) is 0.837. The summed E-state index contributed by atoms with van der Waals surface area (Å²) >= 11 is 3.31. The molecular formula is C12H12BrFN4O2. The van der Waals surface area contributed by atoms with Gasteiger partial charge >= 0.3 is 5.97 Å². The molecule has 2 rings (SSSR count). The topological polar surface area (TPSA) is 69.9 Å². The van der Waals surface area contributed by atoms with Crippen molar-refractivity contribution in [2.45, 2.75) is 19.4 Å². The first-order chi connectivity index (χ1) is 9.60. The zero-order valence-electron chi connectivity index (χ0n) is 10.7. The molecule has 0 unspecified atom stereocenters. The molecule has 0 amide bonds. The monoisotopic (exact) mass is 342 g/mol. The third-order valence-electron chi connectivity index (χ3n) is 2.59. The van der Waals surface area contributed by atoms with Crippen LogP contribution >= 0.6 is 15.9 Å². The summed E-state index contributed by atoms with van der Waals surface area (Å²) in [6.45, 7) is 0.440. The predicted molar refractivity (Wildman–Crippen MR) is 72.2 cm³/mol. The molecule has 0 saturated heterocycles. The van der Waals surface area contributed by atoms with Crippen molar-refractivity contribution in [3.05, 3.63) is 28.5 Å². The third-order valence-corrected chi connectivity index (χ3v) is 3.28. The number of esters is 1. The zero-order chi connectivity index (χ0) is 14.5. The maximum atomic E-state index is 13.2. The van der Waals surface area contributed by atoms with Crippen LogP contribution in [0, 0.1) is 5.82 Å². The van der Waals surface area contributed by atoms with Gasteiger partial charge in [0.05, 0.1) is 13.7 Å². The minimum atomic E-state index is -0.370. The molecule has 0 saturated carbocycles. The highest BCUT2D eigenvalue weighted by Crippen LogP contribution is 2.25. The molecule has 2 aromatic rings. The second-order valence-electron chi connectivity index (χ2n) is 4.01. The first-order valence-electron chi connectivity index (χ1n) is 5.90. The van der Waals surface area contributed by atoms with Gasteiger partial charge in [-0.25, -0.2) is 4.39 Å². The smallest absolute Gasteiger partial charge is 0.305 e. The van der Waals surface area contributed by atoms with E-state index in [1.807, 2.05) is 0 Å². The molecule has 8 heteroatoms. The number of halogens is 2. The molecule has 0 atom stereocenters. The lowest BCUT2D eigenvalue weighted by Crippen LogP contribution is -2.06. The fourth-order valence-corrected chi connectivity index (χ4v) is 2.01. The number of rotatable bonds is 5. The van der Waals surface area contributed by atoms with Gasteiger partial charge in [0.25, 0.3) is 0 Å². The quantitative estimate of drug-likeness (QED) is 0.779. The summed E-state index contributed by atoms with van der Waals surface area (Å²) in [7, 11) is 1.34. The van der Waals surface area contributed by atoms with Crippen molar-refractivity contribution in [2.75, 3.05) is 7.11 Å². The Morgan fingerprint density at radius 1 is 1.50 bits per heavy atom. The molecule has 0 spiro atoms. The van der Waals surface area contributed by atoms with Gasteiger partial charge in [-0.05, 0) is 29.8 Å².